The molecule has 2 aliphatic rings. The Morgan fingerprint density at radius 1 is 1.17 bits per heavy atom. The van der Waals surface area contributed by atoms with Crippen LogP contribution in [-0.2, 0) is 4.74 Å². The SMILES string of the molecule is Cc1ccc(-n2nnc(C(=O)N3CCOCC3)c2C2CC2)cc1. The molecule has 6 nitrogen and oxygen atoms in total. The van der Waals surface area contributed by atoms with Gasteiger partial charge >= 0.3 is 0 Å². The molecule has 2 fully saturated rings. The molecule has 1 aromatic carbocycles. The number of aromatic nitrogens is 3. The van der Waals surface area contributed by atoms with Gasteiger partial charge in [-0.3, -0.25) is 4.79 Å². The summed E-state index contributed by atoms with van der Waals surface area (Å²) in [6.07, 6.45) is 2.20. The molecule has 0 atom stereocenters. The molecule has 1 amide bonds. The second-order valence-electron chi connectivity index (χ2n) is 6.25. The van der Waals surface area contributed by atoms with Crippen molar-refractivity contribution in [2.75, 3.05) is 26.3 Å². The van der Waals surface area contributed by atoms with Crippen molar-refractivity contribution >= 4 is 5.91 Å². The molecule has 4 rings (SSSR count). The Labute approximate surface area is 135 Å². The summed E-state index contributed by atoms with van der Waals surface area (Å²) in [5.41, 5.74) is 3.64. The largest absolute Gasteiger partial charge is 0.378 e. The van der Waals surface area contributed by atoms with Crippen molar-refractivity contribution in [3.8, 4) is 5.69 Å². The Morgan fingerprint density at radius 3 is 2.52 bits per heavy atom. The van der Waals surface area contributed by atoms with E-state index in [1.807, 2.05) is 21.7 Å². The summed E-state index contributed by atoms with van der Waals surface area (Å²) in [4.78, 5) is 14.6. The fourth-order valence-corrected chi connectivity index (χ4v) is 2.96. The molecule has 1 aliphatic carbocycles. The molecule has 1 saturated carbocycles. The normalized spacial score (nSPS) is 18.2. The number of hydrogen-bond acceptors (Lipinski definition) is 4. The minimum absolute atomic E-state index is 0.0199. The smallest absolute Gasteiger partial charge is 0.276 e. The number of carbonyl (C=O) groups is 1. The average Bonchev–Trinajstić information content (AvgIpc) is 3.34. The van der Waals surface area contributed by atoms with E-state index in [0.717, 1.165) is 24.2 Å². The van der Waals surface area contributed by atoms with E-state index in [9.17, 15) is 4.79 Å². The molecular formula is C17H20N4O2. The highest BCUT2D eigenvalue weighted by Crippen LogP contribution is 2.42. The lowest BCUT2D eigenvalue weighted by Crippen LogP contribution is -2.41. The molecular weight excluding hydrogens is 292 g/mol. The number of carbonyl (C=O) groups excluding carboxylic acids is 1. The molecule has 2 aromatic rings. The molecule has 23 heavy (non-hydrogen) atoms. The summed E-state index contributed by atoms with van der Waals surface area (Å²) in [6.45, 7) is 4.49. The van der Waals surface area contributed by atoms with E-state index in [0.29, 0.717) is 37.9 Å². The van der Waals surface area contributed by atoms with E-state index in [-0.39, 0.29) is 5.91 Å². The highest BCUT2D eigenvalue weighted by Gasteiger charge is 2.35. The van der Waals surface area contributed by atoms with E-state index in [2.05, 4.69) is 29.4 Å². The summed E-state index contributed by atoms with van der Waals surface area (Å²) in [5.74, 6) is 0.375. The number of nitrogens with zero attached hydrogens (tertiary/aromatic N) is 4. The van der Waals surface area contributed by atoms with Crippen molar-refractivity contribution in [2.24, 2.45) is 0 Å². The van der Waals surface area contributed by atoms with Gasteiger partial charge in [0.1, 0.15) is 0 Å². The van der Waals surface area contributed by atoms with Crippen LogP contribution in [0.1, 0.15) is 40.5 Å². The third kappa shape index (κ3) is 2.74. The first-order valence-electron chi connectivity index (χ1n) is 8.13. The number of rotatable bonds is 3. The maximum absolute atomic E-state index is 12.8. The summed E-state index contributed by atoms with van der Waals surface area (Å²) in [6, 6.07) is 8.16. The van der Waals surface area contributed by atoms with Gasteiger partial charge < -0.3 is 9.64 Å². The van der Waals surface area contributed by atoms with E-state index >= 15 is 0 Å². The number of hydrogen-bond donors (Lipinski definition) is 0. The molecule has 1 saturated heterocycles. The van der Waals surface area contributed by atoms with Gasteiger partial charge in [0.05, 0.1) is 24.6 Å². The van der Waals surface area contributed by atoms with Gasteiger partial charge in [0.25, 0.3) is 5.91 Å². The predicted molar refractivity (Wildman–Crippen MR) is 84.8 cm³/mol. The zero-order valence-electron chi connectivity index (χ0n) is 13.2. The molecule has 0 radical (unpaired) electrons. The lowest BCUT2D eigenvalue weighted by molar-refractivity contribution is 0.0298. The van der Waals surface area contributed by atoms with Gasteiger partial charge in [-0.1, -0.05) is 22.9 Å². The fraction of sp³-hybridized carbons (Fsp3) is 0.471. The van der Waals surface area contributed by atoms with Gasteiger partial charge in [-0.25, -0.2) is 4.68 Å². The van der Waals surface area contributed by atoms with Crippen molar-refractivity contribution in [3.05, 3.63) is 41.2 Å². The molecule has 0 spiro atoms. The van der Waals surface area contributed by atoms with Gasteiger partial charge in [-0.05, 0) is 31.9 Å². The lowest BCUT2D eigenvalue weighted by Gasteiger charge is -2.26. The Kier molecular flexibility index (Phi) is 3.61. The highest BCUT2D eigenvalue weighted by atomic mass is 16.5. The van der Waals surface area contributed by atoms with Crippen LogP contribution in [0, 0.1) is 6.92 Å². The molecule has 2 heterocycles. The first-order valence-corrected chi connectivity index (χ1v) is 8.13. The second-order valence-corrected chi connectivity index (χ2v) is 6.25. The average molecular weight is 312 g/mol. The van der Waals surface area contributed by atoms with Crippen molar-refractivity contribution in [3.63, 3.8) is 0 Å². The summed E-state index contributed by atoms with van der Waals surface area (Å²) >= 11 is 0. The van der Waals surface area contributed by atoms with Gasteiger partial charge in [-0.15, -0.1) is 5.10 Å². The van der Waals surface area contributed by atoms with E-state index in [1.54, 1.807) is 0 Å². The molecule has 1 aromatic heterocycles. The Hall–Kier alpha value is -2.21. The number of benzene rings is 1. The lowest BCUT2D eigenvalue weighted by atomic mass is 10.1. The van der Waals surface area contributed by atoms with Crippen LogP contribution in [0.5, 0.6) is 0 Å². The first-order chi connectivity index (χ1) is 11.2. The third-order valence-corrected chi connectivity index (χ3v) is 4.45. The van der Waals surface area contributed by atoms with Gasteiger partial charge in [0.15, 0.2) is 5.69 Å². The van der Waals surface area contributed by atoms with Crippen LogP contribution in [-0.4, -0.2) is 52.1 Å². The molecule has 120 valence electrons. The molecule has 0 bridgehead atoms. The van der Waals surface area contributed by atoms with Crippen LogP contribution in [0.2, 0.25) is 0 Å². The Bertz CT molecular complexity index is 713. The van der Waals surface area contributed by atoms with Crippen LogP contribution in [0.4, 0.5) is 0 Å². The maximum atomic E-state index is 12.8. The van der Waals surface area contributed by atoms with Gasteiger partial charge in [-0.2, -0.15) is 0 Å². The minimum Gasteiger partial charge on any atom is -0.378 e. The highest BCUT2D eigenvalue weighted by molar-refractivity contribution is 5.93. The number of aryl methyl sites for hydroxylation is 1. The number of ether oxygens (including phenoxy) is 1. The maximum Gasteiger partial charge on any atom is 0.276 e. The van der Waals surface area contributed by atoms with Crippen LogP contribution < -0.4 is 0 Å². The number of amides is 1. The van der Waals surface area contributed by atoms with Gasteiger partial charge in [0.2, 0.25) is 0 Å². The van der Waals surface area contributed by atoms with Gasteiger partial charge in [0, 0.05) is 19.0 Å². The Balaban J connectivity index is 1.70. The molecule has 1 aliphatic heterocycles. The van der Waals surface area contributed by atoms with Crippen molar-refractivity contribution < 1.29 is 9.53 Å². The summed E-state index contributed by atoms with van der Waals surface area (Å²) < 4.78 is 7.16. The summed E-state index contributed by atoms with van der Waals surface area (Å²) in [7, 11) is 0. The van der Waals surface area contributed by atoms with E-state index < -0.39 is 0 Å². The van der Waals surface area contributed by atoms with Crippen molar-refractivity contribution in [1.29, 1.82) is 0 Å². The molecule has 0 unspecified atom stereocenters. The quantitative estimate of drug-likeness (QED) is 0.869. The van der Waals surface area contributed by atoms with Crippen LogP contribution >= 0.6 is 0 Å². The number of morpholine rings is 1. The monoisotopic (exact) mass is 312 g/mol. The third-order valence-electron chi connectivity index (χ3n) is 4.45. The fourth-order valence-electron chi connectivity index (χ4n) is 2.96. The second kappa shape index (κ2) is 5.77. The standard InChI is InChI=1S/C17H20N4O2/c1-12-2-6-14(7-3-12)21-16(13-4-5-13)15(18-19-21)17(22)20-8-10-23-11-9-20/h2-3,6-7,13H,4-5,8-11H2,1H3. The zero-order valence-corrected chi connectivity index (χ0v) is 13.2. The van der Waals surface area contributed by atoms with E-state index in [1.165, 1.54) is 5.56 Å². The first kappa shape index (κ1) is 14.4. The topological polar surface area (TPSA) is 60.2 Å². The van der Waals surface area contributed by atoms with Crippen molar-refractivity contribution in [2.45, 2.75) is 25.7 Å². The van der Waals surface area contributed by atoms with Crippen LogP contribution in [0.15, 0.2) is 24.3 Å². The predicted octanol–water partition coefficient (Wildman–Crippen LogP) is 1.93. The molecule has 6 heteroatoms. The Morgan fingerprint density at radius 2 is 1.87 bits per heavy atom. The molecule has 0 N–H and O–H groups in total. The van der Waals surface area contributed by atoms with Crippen LogP contribution in [0.3, 0.4) is 0 Å². The zero-order chi connectivity index (χ0) is 15.8. The summed E-state index contributed by atoms with van der Waals surface area (Å²) in [5, 5.41) is 8.51. The minimum atomic E-state index is -0.0199. The van der Waals surface area contributed by atoms with Crippen LogP contribution in [0.25, 0.3) is 5.69 Å². The van der Waals surface area contributed by atoms with Crippen molar-refractivity contribution in [1.82, 2.24) is 19.9 Å². The van der Waals surface area contributed by atoms with E-state index in [4.69, 9.17) is 4.74 Å².